The Balaban J connectivity index is 2.55. The Morgan fingerprint density at radius 2 is 2.07 bits per heavy atom. The SMILES string of the molecule is CCCN[C@@H](Cc1ccccc1)C(N)=O. The van der Waals surface area contributed by atoms with Gasteiger partial charge in [-0.2, -0.15) is 0 Å². The van der Waals surface area contributed by atoms with Gasteiger partial charge in [0.1, 0.15) is 0 Å². The Labute approximate surface area is 90.7 Å². The highest BCUT2D eigenvalue weighted by Gasteiger charge is 2.13. The van der Waals surface area contributed by atoms with Crippen LogP contribution < -0.4 is 11.1 Å². The third-order valence-electron chi connectivity index (χ3n) is 2.27. The van der Waals surface area contributed by atoms with Gasteiger partial charge in [-0.25, -0.2) is 0 Å². The summed E-state index contributed by atoms with van der Waals surface area (Å²) in [6.45, 7) is 2.88. The molecule has 0 spiro atoms. The van der Waals surface area contributed by atoms with Gasteiger partial charge in [-0.15, -0.1) is 0 Å². The number of nitrogens with one attached hydrogen (secondary N) is 1. The molecule has 0 aliphatic heterocycles. The van der Waals surface area contributed by atoms with Crippen molar-refractivity contribution in [1.82, 2.24) is 5.32 Å². The molecule has 0 aromatic heterocycles. The van der Waals surface area contributed by atoms with Crippen LogP contribution in [0.3, 0.4) is 0 Å². The van der Waals surface area contributed by atoms with Crippen LogP contribution in [0.5, 0.6) is 0 Å². The van der Waals surface area contributed by atoms with E-state index in [0.717, 1.165) is 18.5 Å². The van der Waals surface area contributed by atoms with E-state index in [2.05, 4.69) is 12.2 Å². The van der Waals surface area contributed by atoms with E-state index in [4.69, 9.17) is 5.73 Å². The summed E-state index contributed by atoms with van der Waals surface area (Å²) in [5.74, 6) is -0.285. The number of amides is 1. The van der Waals surface area contributed by atoms with Crippen LogP contribution >= 0.6 is 0 Å². The summed E-state index contributed by atoms with van der Waals surface area (Å²) in [7, 11) is 0. The number of nitrogens with two attached hydrogens (primary N) is 1. The highest BCUT2D eigenvalue weighted by molar-refractivity contribution is 5.80. The molecule has 0 saturated carbocycles. The lowest BCUT2D eigenvalue weighted by molar-refractivity contribution is -0.120. The van der Waals surface area contributed by atoms with Crippen LogP contribution in [0.25, 0.3) is 0 Å². The maximum atomic E-state index is 11.2. The molecule has 0 unspecified atom stereocenters. The maximum Gasteiger partial charge on any atom is 0.234 e. The van der Waals surface area contributed by atoms with Gasteiger partial charge in [0.2, 0.25) is 5.91 Å². The lowest BCUT2D eigenvalue weighted by Crippen LogP contribution is -2.43. The molecule has 1 rings (SSSR count). The van der Waals surface area contributed by atoms with Crippen molar-refractivity contribution in [3.8, 4) is 0 Å². The molecule has 0 heterocycles. The highest BCUT2D eigenvalue weighted by atomic mass is 16.1. The van der Waals surface area contributed by atoms with E-state index in [0.29, 0.717) is 6.42 Å². The molecule has 1 amide bonds. The summed E-state index contributed by atoms with van der Waals surface area (Å²) in [6.07, 6.45) is 1.66. The first-order chi connectivity index (χ1) is 7.24. The minimum absolute atomic E-state index is 0.257. The minimum Gasteiger partial charge on any atom is -0.368 e. The molecule has 1 atom stereocenters. The van der Waals surface area contributed by atoms with E-state index in [1.165, 1.54) is 0 Å². The molecule has 0 aliphatic carbocycles. The minimum atomic E-state index is -0.285. The predicted molar refractivity (Wildman–Crippen MR) is 61.4 cm³/mol. The zero-order chi connectivity index (χ0) is 11.1. The van der Waals surface area contributed by atoms with E-state index in [1.54, 1.807) is 0 Å². The van der Waals surface area contributed by atoms with Gasteiger partial charge in [0.25, 0.3) is 0 Å². The van der Waals surface area contributed by atoms with Gasteiger partial charge in [0, 0.05) is 0 Å². The van der Waals surface area contributed by atoms with E-state index in [9.17, 15) is 4.79 Å². The summed E-state index contributed by atoms with van der Waals surface area (Å²) >= 11 is 0. The van der Waals surface area contributed by atoms with Crippen molar-refractivity contribution in [2.24, 2.45) is 5.73 Å². The third-order valence-corrected chi connectivity index (χ3v) is 2.27. The van der Waals surface area contributed by atoms with Crippen LogP contribution in [0.1, 0.15) is 18.9 Å². The van der Waals surface area contributed by atoms with Crippen LogP contribution in [0.4, 0.5) is 0 Å². The molecule has 0 bridgehead atoms. The van der Waals surface area contributed by atoms with Crippen LogP contribution in [-0.4, -0.2) is 18.5 Å². The number of carbonyl (C=O) groups excluding carboxylic acids is 1. The monoisotopic (exact) mass is 206 g/mol. The summed E-state index contributed by atoms with van der Waals surface area (Å²) < 4.78 is 0. The lowest BCUT2D eigenvalue weighted by atomic mass is 10.1. The van der Waals surface area contributed by atoms with E-state index >= 15 is 0 Å². The molecule has 3 N–H and O–H groups in total. The van der Waals surface area contributed by atoms with Crippen molar-refractivity contribution < 1.29 is 4.79 Å². The largest absolute Gasteiger partial charge is 0.368 e. The summed E-state index contributed by atoms with van der Waals surface area (Å²) in [5, 5.41) is 3.14. The second kappa shape index (κ2) is 6.19. The zero-order valence-electron chi connectivity index (χ0n) is 9.07. The molecule has 1 aromatic carbocycles. The molecule has 82 valence electrons. The van der Waals surface area contributed by atoms with E-state index < -0.39 is 0 Å². The number of hydrogen-bond acceptors (Lipinski definition) is 2. The Kier molecular flexibility index (Phi) is 4.84. The number of rotatable bonds is 6. The molecule has 3 heteroatoms. The fraction of sp³-hybridized carbons (Fsp3) is 0.417. The Hall–Kier alpha value is -1.35. The van der Waals surface area contributed by atoms with E-state index in [1.807, 2.05) is 30.3 Å². The second-order valence-corrected chi connectivity index (χ2v) is 3.60. The Bertz CT molecular complexity index is 298. The van der Waals surface area contributed by atoms with Gasteiger partial charge in [-0.1, -0.05) is 37.3 Å². The van der Waals surface area contributed by atoms with Gasteiger partial charge >= 0.3 is 0 Å². The Morgan fingerprint density at radius 3 is 2.60 bits per heavy atom. The zero-order valence-corrected chi connectivity index (χ0v) is 9.07. The van der Waals surface area contributed by atoms with Crippen molar-refractivity contribution in [3.05, 3.63) is 35.9 Å². The summed E-state index contributed by atoms with van der Waals surface area (Å²) in [4.78, 5) is 11.2. The molecule has 0 radical (unpaired) electrons. The standard InChI is InChI=1S/C12H18N2O/c1-2-8-14-11(12(13)15)9-10-6-4-3-5-7-10/h3-7,11,14H,2,8-9H2,1H3,(H2,13,15)/t11-/m0/s1. The van der Waals surface area contributed by atoms with Gasteiger partial charge < -0.3 is 11.1 Å². The van der Waals surface area contributed by atoms with Crippen molar-refractivity contribution in [1.29, 1.82) is 0 Å². The molecule has 15 heavy (non-hydrogen) atoms. The molecule has 1 aromatic rings. The number of primary amides is 1. The Morgan fingerprint density at radius 1 is 1.40 bits per heavy atom. The first kappa shape index (κ1) is 11.7. The molecule has 0 fully saturated rings. The van der Waals surface area contributed by atoms with E-state index in [-0.39, 0.29) is 11.9 Å². The number of hydrogen-bond donors (Lipinski definition) is 2. The van der Waals surface area contributed by atoms with Crippen LogP contribution in [-0.2, 0) is 11.2 Å². The van der Waals surface area contributed by atoms with Gasteiger partial charge in [-0.05, 0) is 24.9 Å². The van der Waals surface area contributed by atoms with Crippen LogP contribution in [0, 0.1) is 0 Å². The van der Waals surface area contributed by atoms with Crippen molar-refractivity contribution in [3.63, 3.8) is 0 Å². The highest BCUT2D eigenvalue weighted by Crippen LogP contribution is 2.02. The third kappa shape index (κ3) is 4.13. The predicted octanol–water partition coefficient (Wildman–Crippen LogP) is 1.08. The first-order valence-electron chi connectivity index (χ1n) is 5.30. The van der Waals surface area contributed by atoms with Crippen molar-refractivity contribution >= 4 is 5.91 Å². The van der Waals surface area contributed by atoms with Gasteiger partial charge in [0.15, 0.2) is 0 Å². The topological polar surface area (TPSA) is 55.1 Å². The first-order valence-corrected chi connectivity index (χ1v) is 5.30. The van der Waals surface area contributed by atoms with Crippen molar-refractivity contribution in [2.45, 2.75) is 25.8 Å². The molecule has 0 saturated heterocycles. The van der Waals surface area contributed by atoms with Crippen LogP contribution in [0.15, 0.2) is 30.3 Å². The fourth-order valence-electron chi connectivity index (χ4n) is 1.44. The maximum absolute atomic E-state index is 11.2. The summed E-state index contributed by atoms with van der Waals surface area (Å²) in [6, 6.07) is 9.64. The van der Waals surface area contributed by atoms with Gasteiger partial charge in [0.05, 0.1) is 6.04 Å². The smallest absolute Gasteiger partial charge is 0.234 e. The quantitative estimate of drug-likeness (QED) is 0.732. The number of carbonyl (C=O) groups is 1. The fourth-order valence-corrected chi connectivity index (χ4v) is 1.44. The second-order valence-electron chi connectivity index (χ2n) is 3.60. The molecular weight excluding hydrogens is 188 g/mol. The molecule has 0 aliphatic rings. The van der Waals surface area contributed by atoms with Crippen molar-refractivity contribution in [2.75, 3.05) is 6.54 Å². The normalized spacial score (nSPS) is 12.3. The lowest BCUT2D eigenvalue weighted by Gasteiger charge is -2.14. The molecular formula is C12H18N2O. The average molecular weight is 206 g/mol. The average Bonchev–Trinajstić information content (AvgIpc) is 2.25. The summed E-state index contributed by atoms with van der Waals surface area (Å²) in [5.41, 5.74) is 6.45. The van der Waals surface area contributed by atoms with Crippen LogP contribution in [0.2, 0.25) is 0 Å². The number of benzene rings is 1. The molecule has 3 nitrogen and oxygen atoms in total. The van der Waals surface area contributed by atoms with Gasteiger partial charge in [-0.3, -0.25) is 4.79 Å².